The van der Waals surface area contributed by atoms with Crippen LogP contribution in [0.4, 0.5) is 17.2 Å². The van der Waals surface area contributed by atoms with Crippen LogP contribution < -0.4 is 15.4 Å². The molecule has 0 saturated carbocycles. The van der Waals surface area contributed by atoms with Gasteiger partial charge in [-0.3, -0.25) is 9.78 Å². The Balaban J connectivity index is 1.57. The number of hydrogen-bond acceptors (Lipinski definition) is 6. The Morgan fingerprint density at radius 3 is 2.52 bits per heavy atom. The van der Waals surface area contributed by atoms with Crippen molar-refractivity contribution in [2.24, 2.45) is 0 Å². The highest BCUT2D eigenvalue weighted by Gasteiger charge is 2.09. The normalized spacial score (nSPS) is 10.6. The number of pyridine rings is 1. The van der Waals surface area contributed by atoms with Crippen molar-refractivity contribution in [3.8, 4) is 5.75 Å². The van der Waals surface area contributed by atoms with Crippen molar-refractivity contribution in [1.29, 1.82) is 0 Å². The van der Waals surface area contributed by atoms with Crippen LogP contribution >= 0.6 is 0 Å². The van der Waals surface area contributed by atoms with Crippen LogP contribution in [0.15, 0.2) is 67.1 Å². The number of ether oxygens (including phenoxy) is 1. The van der Waals surface area contributed by atoms with Gasteiger partial charge in [0, 0.05) is 29.2 Å². The van der Waals surface area contributed by atoms with E-state index in [1.807, 2.05) is 55.5 Å². The molecule has 0 aliphatic carbocycles. The summed E-state index contributed by atoms with van der Waals surface area (Å²) in [7, 11) is 1.64. The highest BCUT2D eigenvalue weighted by Crippen LogP contribution is 2.26. The third kappa shape index (κ3) is 4.14. The van der Waals surface area contributed by atoms with Gasteiger partial charge in [-0.1, -0.05) is 0 Å². The zero-order chi connectivity index (χ0) is 20.2. The quantitative estimate of drug-likeness (QED) is 0.531. The molecule has 0 spiro atoms. The summed E-state index contributed by atoms with van der Waals surface area (Å²) in [5.74, 6) is 1.24. The van der Waals surface area contributed by atoms with Gasteiger partial charge in [0.05, 0.1) is 18.8 Å². The summed E-state index contributed by atoms with van der Waals surface area (Å²) in [4.78, 5) is 24.9. The molecule has 7 nitrogen and oxygen atoms in total. The molecule has 0 bridgehead atoms. The summed E-state index contributed by atoms with van der Waals surface area (Å²) in [5, 5.41) is 7.11. The average molecular weight is 385 g/mol. The Morgan fingerprint density at radius 2 is 1.79 bits per heavy atom. The number of amides is 1. The first-order chi connectivity index (χ1) is 14.1. The molecule has 2 N–H and O–H groups in total. The molecular weight excluding hydrogens is 366 g/mol. The Labute approximate surface area is 167 Å². The Morgan fingerprint density at radius 1 is 1.00 bits per heavy atom. The lowest BCUT2D eigenvalue weighted by molar-refractivity contribution is 0.102. The maximum atomic E-state index is 12.3. The summed E-state index contributed by atoms with van der Waals surface area (Å²) < 4.78 is 5.18. The molecule has 0 unspecified atom stereocenters. The van der Waals surface area contributed by atoms with Gasteiger partial charge in [0.15, 0.2) is 0 Å². The van der Waals surface area contributed by atoms with E-state index >= 15 is 0 Å². The van der Waals surface area contributed by atoms with E-state index < -0.39 is 0 Å². The third-order valence-electron chi connectivity index (χ3n) is 4.43. The number of anilines is 3. The van der Waals surface area contributed by atoms with E-state index in [-0.39, 0.29) is 11.6 Å². The van der Waals surface area contributed by atoms with E-state index in [4.69, 9.17) is 4.74 Å². The van der Waals surface area contributed by atoms with Gasteiger partial charge in [-0.2, -0.15) is 0 Å². The number of hydrogen-bond donors (Lipinski definition) is 2. The molecule has 2 aromatic carbocycles. The van der Waals surface area contributed by atoms with Gasteiger partial charge >= 0.3 is 0 Å². The first-order valence-corrected chi connectivity index (χ1v) is 9.02. The molecule has 0 atom stereocenters. The van der Waals surface area contributed by atoms with Gasteiger partial charge in [-0.15, -0.1) is 0 Å². The Kier molecular flexibility index (Phi) is 5.03. The zero-order valence-electron chi connectivity index (χ0n) is 16.0. The largest absolute Gasteiger partial charge is 0.497 e. The molecule has 2 aromatic heterocycles. The smallest absolute Gasteiger partial charge is 0.275 e. The zero-order valence-corrected chi connectivity index (χ0v) is 16.0. The van der Waals surface area contributed by atoms with E-state index in [0.29, 0.717) is 5.69 Å². The van der Waals surface area contributed by atoms with Gasteiger partial charge in [-0.25, -0.2) is 9.97 Å². The van der Waals surface area contributed by atoms with Crippen LogP contribution in [0.1, 0.15) is 16.1 Å². The number of nitrogens with zero attached hydrogens (tertiary/aromatic N) is 3. The van der Waals surface area contributed by atoms with E-state index in [1.165, 1.54) is 18.6 Å². The SMILES string of the molecule is COc1ccc(Nc2cc(C)c3cc(NC(=O)c4cnccn4)ccc3n2)cc1. The fourth-order valence-corrected chi connectivity index (χ4v) is 2.97. The molecule has 0 aliphatic heterocycles. The van der Waals surface area contributed by atoms with Crippen LogP contribution in [0.3, 0.4) is 0 Å². The highest BCUT2D eigenvalue weighted by molar-refractivity contribution is 6.03. The third-order valence-corrected chi connectivity index (χ3v) is 4.43. The molecule has 7 heteroatoms. The molecule has 0 radical (unpaired) electrons. The van der Waals surface area contributed by atoms with Crippen LogP contribution in [-0.2, 0) is 0 Å². The molecule has 2 heterocycles. The van der Waals surface area contributed by atoms with Crippen molar-refractivity contribution >= 4 is 34.0 Å². The number of nitrogens with one attached hydrogen (secondary N) is 2. The summed E-state index contributed by atoms with van der Waals surface area (Å²) in [5.41, 5.74) is 3.74. The predicted octanol–water partition coefficient (Wildman–Crippen LogP) is 4.34. The van der Waals surface area contributed by atoms with Crippen molar-refractivity contribution in [2.45, 2.75) is 6.92 Å². The number of rotatable bonds is 5. The predicted molar refractivity (Wildman–Crippen MR) is 113 cm³/mol. The lowest BCUT2D eigenvalue weighted by Gasteiger charge is -2.11. The minimum absolute atomic E-state index is 0.265. The van der Waals surface area contributed by atoms with E-state index in [2.05, 4.69) is 25.6 Å². The van der Waals surface area contributed by atoms with Crippen molar-refractivity contribution in [3.63, 3.8) is 0 Å². The number of fused-ring (bicyclic) bond motifs is 1. The van der Waals surface area contributed by atoms with Gasteiger partial charge in [0.2, 0.25) is 0 Å². The van der Waals surface area contributed by atoms with Crippen LogP contribution in [0.25, 0.3) is 10.9 Å². The molecule has 4 rings (SSSR count). The van der Waals surface area contributed by atoms with Crippen LogP contribution in [-0.4, -0.2) is 28.0 Å². The minimum atomic E-state index is -0.305. The molecule has 0 aliphatic rings. The second-order valence-corrected chi connectivity index (χ2v) is 6.45. The molecule has 0 fully saturated rings. The molecule has 1 amide bonds. The number of aromatic nitrogens is 3. The van der Waals surface area contributed by atoms with Crippen molar-refractivity contribution < 1.29 is 9.53 Å². The molecule has 0 saturated heterocycles. The van der Waals surface area contributed by atoms with Gasteiger partial charge in [0.1, 0.15) is 17.3 Å². The summed E-state index contributed by atoms with van der Waals surface area (Å²) in [6.07, 6.45) is 4.44. The Hall–Kier alpha value is -4.00. The van der Waals surface area contributed by atoms with Crippen molar-refractivity contribution in [3.05, 3.63) is 78.4 Å². The molecule has 29 heavy (non-hydrogen) atoms. The maximum absolute atomic E-state index is 12.3. The minimum Gasteiger partial charge on any atom is -0.497 e. The van der Waals surface area contributed by atoms with Gasteiger partial charge in [0.25, 0.3) is 5.91 Å². The lowest BCUT2D eigenvalue weighted by atomic mass is 10.1. The van der Waals surface area contributed by atoms with Crippen LogP contribution in [0, 0.1) is 6.92 Å². The highest BCUT2D eigenvalue weighted by atomic mass is 16.5. The second kappa shape index (κ2) is 7.93. The number of carbonyl (C=O) groups excluding carboxylic acids is 1. The van der Waals surface area contributed by atoms with Gasteiger partial charge < -0.3 is 15.4 Å². The average Bonchev–Trinajstić information content (AvgIpc) is 2.75. The summed E-state index contributed by atoms with van der Waals surface area (Å²) >= 11 is 0. The molecular formula is C22H19N5O2. The number of carbonyl (C=O) groups is 1. The summed E-state index contributed by atoms with van der Waals surface area (Å²) in [6.45, 7) is 2.01. The number of methoxy groups -OCH3 is 1. The van der Waals surface area contributed by atoms with Crippen molar-refractivity contribution in [1.82, 2.24) is 15.0 Å². The number of benzene rings is 2. The van der Waals surface area contributed by atoms with E-state index in [9.17, 15) is 4.79 Å². The first-order valence-electron chi connectivity index (χ1n) is 9.02. The fraction of sp³-hybridized carbons (Fsp3) is 0.0909. The van der Waals surface area contributed by atoms with Crippen LogP contribution in [0.2, 0.25) is 0 Å². The van der Waals surface area contributed by atoms with Gasteiger partial charge in [-0.05, 0) is 61.0 Å². The monoisotopic (exact) mass is 385 g/mol. The Bertz CT molecular complexity index is 1160. The van der Waals surface area contributed by atoms with E-state index in [1.54, 1.807) is 7.11 Å². The lowest BCUT2D eigenvalue weighted by Crippen LogP contribution is -2.13. The van der Waals surface area contributed by atoms with Crippen LogP contribution in [0.5, 0.6) is 5.75 Å². The van der Waals surface area contributed by atoms with E-state index in [0.717, 1.165) is 33.7 Å². The first kappa shape index (κ1) is 18.4. The molecule has 144 valence electrons. The summed E-state index contributed by atoms with van der Waals surface area (Å²) in [6, 6.07) is 15.2. The second-order valence-electron chi connectivity index (χ2n) is 6.45. The fourth-order valence-electron chi connectivity index (χ4n) is 2.97. The molecule has 4 aromatic rings. The standard InChI is InChI=1S/C22H19N5O2/c1-14-11-21(25-15-3-6-17(29-2)7-4-15)27-19-8-5-16(12-18(14)19)26-22(28)20-13-23-9-10-24-20/h3-13H,1-2H3,(H,25,27)(H,26,28). The number of aryl methyl sites for hydroxylation is 1. The van der Waals surface area contributed by atoms with Crippen molar-refractivity contribution in [2.75, 3.05) is 17.7 Å². The maximum Gasteiger partial charge on any atom is 0.275 e. The topological polar surface area (TPSA) is 89.0 Å².